The summed E-state index contributed by atoms with van der Waals surface area (Å²) in [5, 5.41) is 0. The summed E-state index contributed by atoms with van der Waals surface area (Å²) in [5.74, 6) is -2.33. The van der Waals surface area contributed by atoms with Crippen LogP contribution in [0.2, 0.25) is 0 Å². The van der Waals surface area contributed by atoms with Crippen LogP contribution in [0.1, 0.15) is 45.5 Å². The number of hydrogen-bond acceptors (Lipinski definition) is 5. The average molecular weight is 690 g/mol. The fourth-order valence-corrected chi connectivity index (χ4v) is 6.50. The van der Waals surface area contributed by atoms with E-state index in [1.165, 1.54) is 36.8 Å². The number of hydrogen-bond donors (Lipinski definition) is 1. The largest absolute Gasteiger partial charge is 0.494 e. The number of fused-ring (bicyclic) bond motifs is 1. The molecule has 0 saturated heterocycles. The van der Waals surface area contributed by atoms with E-state index in [9.17, 15) is 22.8 Å². The van der Waals surface area contributed by atoms with Crippen LogP contribution in [0.5, 0.6) is 5.75 Å². The molecule has 0 fully saturated rings. The average Bonchev–Trinajstić information content (AvgIpc) is 3.51. The third-order valence-corrected chi connectivity index (χ3v) is 8.97. The molecular weight excluding hydrogens is 657 g/mol. The topological polar surface area (TPSA) is 86.8 Å². The van der Waals surface area contributed by atoms with Gasteiger partial charge in [0.05, 0.1) is 36.9 Å². The molecule has 2 atom stereocenters. The summed E-state index contributed by atoms with van der Waals surface area (Å²) in [6.07, 6.45) is -6.55. The molecule has 0 bridgehead atoms. The van der Waals surface area contributed by atoms with Crippen LogP contribution in [0, 0.1) is 18.6 Å². The Labute approximate surface area is 284 Å². The summed E-state index contributed by atoms with van der Waals surface area (Å²) in [6, 6.07) is 22.4. The van der Waals surface area contributed by atoms with Crippen LogP contribution in [-0.2, 0) is 23.9 Å². The molecule has 50 heavy (non-hydrogen) atoms. The molecule has 12 heteroatoms. The lowest BCUT2D eigenvalue weighted by Gasteiger charge is -2.25. The minimum absolute atomic E-state index is 0.0168. The Morgan fingerprint density at radius 1 is 0.920 bits per heavy atom. The summed E-state index contributed by atoms with van der Waals surface area (Å²) in [4.78, 5) is 29.7. The molecule has 1 aromatic heterocycles. The summed E-state index contributed by atoms with van der Waals surface area (Å²) in [5.41, 5.74) is 4.97. The van der Waals surface area contributed by atoms with Crippen LogP contribution in [0.15, 0.2) is 102 Å². The maximum absolute atomic E-state index is 15.9. The fourth-order valence-electron chi connectivity index (χ4n) is 6.50. The highest BCUT2D eigenvalue weighted by Crippen LogP contribution is 2.43. The van der Waals surface area contributed by atoms with E-state index >= 15 is 8.78 Å². The second kappa shape index (κ2) is 13.8. The standard InChI is InChI=1S/C38H32F5N3O4/c1-22-26(19-27-28(38(41,42)43)16-10-17-29(27)39)35-45(37(48)50-21-23-11-5-3-6-12-23)20-30(34(44)24-13-7-4-8-14-24)46(35)36(47)32(22)25-15-9-18-31(49-2)33(25)40/h3-18,30,34H,19-21,44H2,1-2H3/t30-,34?/m0/s1. The van der Waals surface area contributed by atoms with Crippen molar-refractivity contribution in [2.75, 3.05) is 18.6 Å². The van der Waals surface area contributed by atoms with Gasteiger partial charge < -0.3 is 15.2 Å². The zero-order valence-corrected chi connectivity index (χ0v) is 27.0. The number of ether oxygens (including phenoxy) is 2. The van der Waals surface area contributed by atoms with Gasteiger partial charge in [-0.25, -0.2) is 13.6 Å². The van der Waals surface area contributed by atoms with E-state index in [0.29, 0.717) is 11.1 Å². The summed E-state index contributed by atoms with van der Waals surface area (Å²) < 4.78 is 86.2. The van der Waals surface area contributed by atoms with Gasteiger partial charge in [0.25, 0.3) is 5.56 Å². The molecule has 0 spiro atoms. The predicted molar refractivity (Wildman–Crippen MR) is 178 cm³/mol. The molecular formula is C38H32F5N3O4. The Hall–Kier alpha value is -5.49. The van der Waals surface area contributed by atoms with Crippen LogP contribution in [0.4, 0.5) is 32.6 Å². The maximum atomic E-state index is 15.9. The quantitative estimate of drug-likeness (QED) is 0.166. The molecule has 2 N–H and O–H groups in total. The van der Waals surface area contributed by atoms with E-state index in [4.69, 9.17) is 15.2 Å². The smallest absolute Gasteiger partial charge is 0.416 e. The number of anilines is 1. The first kappa shape index (κ1) is 34.4. The van der Waals surface area contributed by atoms with Gasteiger partial charge in [0, 0.05) is 23.1 Å². The molecule has 4 aromatic carbocycles. The number of nitrogens with two attached hydrogens (primary N) is 1. The number of nitrogens with zero attached hydrogens (tertiary/aromatic N) is 2. The Kier molecular flexibility index (Phi) is 9.48. The fraction of sp³-hybridized carbons (Fsp3) is 0.211. The summed E-state index contributed by atoms with van der Waals surface area (Å²) in [6.45, 7) is 1.05. The first-order valence-electron chi connectivity index (χ1n) is 15.7. The predicted octanol–water partition coefficient (Wildman–Crippen LogP) is 8.12. The molecule has 2 heterocycles. The van der Waals surface area contributed by atoms with Gasteiger partial charge in [-0.15, -0.1) is 0 Å². The molecule has 0 saturated carbocycles. The highest BCUT2D eigenvalue weighted by Gasteiger charge is 2.43. The zero-order valence-electron chi connectivity index (χ0n) is 27.0. The van der Waals surface area contributed by atoms with Crippen molar-refractivity contribution < 1.29 is 36.2 Å². The molecule has 7 nitrogen and oxygen atoms in total. The minimum Gasteiger partial charge on any atom is -0.494 e. The van der Waals surface area contributed by atoms with Crippen molar-refractivity contribution >= 4 is 11.9 Å². The molecule has 258 valence electrons. The third-order valence-electron chi connectivity index (χ3n) is 8.97. The number of aromatic nitrogens is 1. The van der Waals surface area contributed by atoms with Crippen molar-refractivity contribution in [1.82, 2.24) is 4.57 Å². The van der Waals surface area contributed by atoms with E-state index in [-0.39, 0.29) is 47.0 Å². The van der Waals surface area contributed by atoms with Crippen molar-refractivity contribution in [3.05, 3.63) is 152 Å². The van der Waals surface area contributed by atoms with Gasteiger partial charge in [0.2, 0.25) is 0 Å². The van der Waals surface area contributed by atoms with Gasteiger partial charge in [-0.1, -0.05) is 78.9 Å². The van der Waals surface area contributed by atoms with Crippen molar-refractivity contribution in [3.63, 3.8) is 0 Å². The highest BCUT2D eigenvalue weighted by molar-refractivity contribution is 5.90. The Bertz CT molecular complexity index is 2100. The summed E-state index contributed by atoms with van der Waals surface area (Å²) >= 11 is 0. The maximum Gasteiger partial charge on any atom is 0.416 e. The third kappa shape index (κ3) is 6.34. The van der Waals surface area contributed by atoms with E-state index in [1.54, 1.807) is 60.7 Å². The molecule has 5 aromatic rings. The monoisotopic (exact) mass is 689 g/mol. The van der Waals surface area contributed by atoms with Gasteiger partial charge in [-0.05, 0) is 41.8 Å². The molecule has 6 rings (SSSR count). The second-order valence-electron chi connectivity index (χ2n) is 11.9. The van der Waals surface area contributed by atoms with Gasteiger partial charge in [0.1, 0.15) is 18.2 Å². The number of benzene rings is 4. The number of pyridine rings is 1. The minimum atomic E-state index is -4.94. The molecule has 1 amide bonds. The van der Waals surface area contributed by atoms with Gasteiger partial charge >= 0.3 is 12.3 Å². The van der Waals surface area contributed by atoms with Crippen molar-refractivity contribution in [2.45, 2.75) is 38.2 Å². The number of amides is 1. The molecule has 1 aliphatic rings. The molecule has 0 radical (unpaired) electrons. The Morgan fingerprint density at radius 3 is 2.24 bits per heavy atom. The SMILES string of the molecule is COc1cccc(-c2c(C)c(Cc3c(F)cccc3C(F)(F)F)c3n(c2=O)[C@H](C(N)c2ccccc2)CN3C(=O)OCc2ccccc2)c1F. The van der Waals surface area contributed by atoms with E-state index < -0.39 is 59.1 Å². The first-order chi connectivity index (χ1) is 23.9. The van der Waals surface area contributed by atoms with Crippen LogP contribution >= 0.6 is 0 Å². The first-order valence-corrected chi connectivity index (χ1v) is 15.7. The van der Waals surface area contributed by atoms with Crippen LogP contribution < -0.4 is 20.9 Å². The van der Waals surface area contributed by atoms with E-state index in [0.717, 1.165) is 23.1 Å². The summed E-state index contributed by atoms with van der Waals surface area (Å²) in [7, 11) is 1.25. The molecule has 1 unspecified atom stereocenters. The van der Waals surface area contributed by atoms with E-state index in [2.05, 4.69) is 0 Å². The van der Waals surface area contributed by atoms with Crippen molar-refractivity contribution in [3.8, 4) is 16.9 Å². The number of methoxy groups -OCH3 is 1. The van der Waals surface area contributed by atoms with Gasteiger partial charge in [-0.2, -0.15) is 13.2 Å². The lowest BCUT2D eigenvalue weighted by atomic mass is 9.91. The zero-order chi connectivity index (χ0) is 35.7. The number of rotatable bonds is 8. The lowest BCUT2D eigenvalue weighted by Crippen LogP contribution is -2.34. The Balaban J connectivity index is 1.63. The second-order valence-corrected chi connectivity index (χ2v) is 11.9. The lowest BCUT2D eigenvalue weighted by molar-refractivity contribution is -0.138. The number of carbonyl (C=O) groups excluding carboxylic acids is 1. The number of alkyl halides is 3. The van der Waals surface area contributed by atoms with Crippen LogP contribution in [-0.4, -0.2) is 24.3 Å². The van der Waals surface area contributed by atoms with Gasteiger partial charge in [0.15, 0.2) is 11.6 Å². The van der Waals surface area contributed by atoms with Crippen LogP contribution in [0.3, 0.4) is 0 Å². The molecule has 0 aliphatic carbocycles. The Morgan fingerprint density at radius 2 is 1.58 bits per heavy atom. The normalized spacial score (nSPS) is 14.7. The highest BCUT2D eigenvalue weighted by atomic mass is 19.4. The number of carbonyl (C=O) groups is 1. The number of halogens is 5. The van der Waals surface area contributed by atoms with Crippen molar-refractivity contribution in [1.29, 1.82) is 0 Å². The van der Waals surface area contributed by atoms with Crippen molar-refractivity contribution in [2.24, 2.45) is 5.73 Å². The van der Waals surface area contributed by atoms with Gasteiger partial charge in [-0.3, -0.25) is 14.3 Å². The van der Waals surface area contributed by atoms with E-state index in [1.807, 2.05) is 0 Å². The van der Waals surface area contributed by atoms with Crippen LogP contribution in [0.25, 0.3) is 11.1 Å². The molecule has 1 aliphatic heterocycles.